The van der Waals surface area contributed by atoms with Crippen LogP contribution in [0.15, 0.2) is 18.2 Å². The van der Waals surface area contributed by atoms with Crippen LogP contribution >= 0.6 is 11.6 Å². The molecule has 0 radical (unpaired) electrons. The number of rotatable bonds is 4. The summed E-state index contributed by atoms with van der Waals surface area (Å²) in [6.45, 7) is 0.997. The van der Waals surface area contributed by atoms with Crippen molar-refractivity contribution in [3.63, 3.8) is 0 Å². The summed E-state index contributed by atoms with van der Waals surface area (Å²) in [5, 5.41) is 3.02. The molecule has 0 bridgehead atoms. The zero-order chi connectivity index (χ0) is 14.0. The molecule has 1 aromatic rings. The van der Waals surface area contributed by atoms with Gasteiger partial charge < -0.3 is 5.32 Å². The fraction of sp³-hybridized carbons (Fsp3) is 0.500. The Hall–Kier alpha value is -0.690. The van der Waals surface area contributed by atoms with E-state index in [0.717, 1.165) is 6.42 Å². The monoisotopic (exact) mass is 306 g/mol. The molecule has 1 heterocycles. The molecule has 0 amide bonds. The fourth-order valence-corrected chi connectivity index (χ4v) is 3.92. The second-order valence-electron chi connectivity index (χ2n) is 4.64. The van der Waals surface area contributed by atoms with Gasteiger partial charge in [-0.1, -0.05) is 17.7 Å². The molecule has 7 heteroatoms. The molecule has 1 unspecified atom stereocenters. The number of halogens is 2. The molecule has 19 heavy (non-hydrogen) atoms. The molecule has 106 valence electrons. The van der Waals surface area contributed by atoms with Gasteiger partial charge in [0.2, 0.25) is 10.0 Å². The summed E-state index contributed by atoms with van der Waals surface area (Å²) >= 11 is 5.65. The Morgan fingerprint density at radius 1 is 1.53 bits per heavy atom. The predicted octanol–water partition coefficient (Wildman–Crippen LogP) is 1.60. The van der Waals surface area contributed by atoms with Crippen LogP contribution in [-0.2, 0) is 15.8 Å². The molecule has 0 saturated carbocycles. The highest BCUT2D eigenvalue weighted by Gasteiger charge is 2.30. The van der Waals surface area contributed by atoms with Crippen molar-refractivity contribution >= 4 is 21.6 Å². The Balaban J connectivity index is 2.11. The van der Waals surface area contributed by atoms with Gasteiger partial charge in [0.1, 0.15) is 5.82 Å². The van der Waals surface area contributed by atoms with Crippen LogP contribution < -0.4 is 5.32 Å². The average molecular weight is 307 g/mol. The number of hydrogen-bond donors (Lipinski definition) is 1. The number of hydrogen-bond acceptors (Lipinski definition) is 3. The van der Waals surface area contributed by atoms with Crippen LogP contribution in [0, 0.1) is 5.82 Å². The maximum atomic E-state index is 13.0. The number of sulfonamides is 1. The van der Waals surface area contributed by atoms with Gasteiger partial charge in [0.25, 0.3) is 0 Å². The second-order valence-corrected chi connectivity index (χ2v) is 7.01. The normalized spacial score (nSPS) is 20.9. The van der Waals surface area contributed by atoms with Gasteiger partial charge in [0.15, 0.2) is 0 Å². The van der Waals surface area contributed by atoms with Crippen molar-refractivity contribution in [2.24, 2.45) is 0 Å². The van der Waals surface area contributed by atoms with Crippen molar-refractivity contribution < 1.29 is 12.8 Å². The first-order valence-electron chi connectivity index (χ1n) is 6.01. The molecule has 1 atom stereocenters. The largest absolute Gasteiger partial charge is 0.316 e. The van der Waals surface area contributed by atoms with Crippen LogP contribution in [0.4, 0.5) is 4.39 Å². The lowest BCUT2D eigenvalue weighted by molar-refractivity contribution is 0.464. The summed E-state index contributed by atoms with van der Waals surface area (Å²) in [6.07, 6.45) is 0.805. The van der Waals surface area contributed by atoms with E-state index in [9.17, 15) is 12.8 Å². The molecule has 1 aromatic carbocycles. The molecule has 1 aliphatic rings. The van der Waals surface area contributed by atoms with Crippen LogP contribution in [0.1, 0.15) is 12.0 Å². The van der Waals surface area contributed by atoms with Crippen molar-refractivity contribution in [3.05, 3.63) is 34.6 Å². The van der Waals surface area contributed by atoms with Gasteiger partial charge in [-0.3, -0.25) is 0 Å². The van der Waals surface area contributed by atoms with Crippen molar-refractivity contribution in [1.29, 1.82) is 0 Å². The fourth-order valence-electron chi connectivity index (χ4n) is 2.15. The van der Waals surface area contributed by atoms with Crippen LogP contribution in [0.5, 0.6) is 0 Å². The first kappa shape index (κ1) is 14.7. The molecule has 0 spiro atoms. The van der Waals surface area contributed by atoms with Crippen LogP contribution in [0.25, 0.3) is 0 Å². The molecule has 1 fully saturated rings. The van der Waals surface area contributed by atoms with Crippen molar-refractivity contribution in [3.8, 4) is 0 Å². The second kappa shape index (κ2) is 5.75. The minimum absolute atomic E-state index is 0.0535. The summed E-state index contributed by atoms with van der Waals surface area (Å²) in [5.41, 5.74) is 0.499. The number of nitrogens with zero attached hydrogens (tertiary/aromatic N) is 1. The molecule has 2 rings (SSSR count). The Bertz CT molecular complexity index is 565. The molecule has 0 aliphatic carbocycles. The van der Waals surface area contributed by atoms with Gasteiger partial charge in [-0.15, -0.1) is 0 Å². The number of likely N-dealkylation sites (N-methyl/N-ethyl adjacent to an activating group) is 1. The van der Waals surface area contributed by atoms with E-state index in [1.54, 1.807) is 0 Å². The summed E-state index contributed by atoms with van der Waals surface area (Å²) in [4.78, 5) is 0. The standard InChI is InChI=1S/C12H16ClFN2O2S/c1-15-10-4-5-16(7-10)19(17,18)8-9-2-3-12(14)11(13)6-9/h2-3,6,10,15H,4-5,7-8H2,1H3. The van der Waals surface area contributed by atoms with Crippen molar-refractivity contribution in [2.75, 3.05) is 20.1 Å². The van der Waals surface area contributed by atoms with Gasteiger partial charge in [0.05, 0.1) is 10.8 Å². The van der Waals surface area contributed by atoms with Crippen LogP contribution in [-0.4, -0.2) is 38.9 Å². The summed E-state index contributed by atoms with van der Waals surface area (Å²) in [6, 6.07) is 4.20. The quantitative estimate of drug-likeness (QED) is 0.919. The van der Waals surface area contributed by atoms with E-state index >= 15 is 0 Å². The number of nitrogens with one attached hydrogen (secondary N) is 1. The van der Waals surface area contributed by atoms with E-state index in [0.29, 0.717) is 18.7 Å². The SMILES string of the molecule is CNC1CCN(S(=O)(=O)Cc2ccc(F)c(Cl)c2)C1. The summed E-state index contributed by atoms with van der Waals surface area (Å²) in [5.74, 6) is -0.692. The lowest BCUT2D eigenvalue weighted by Crippen LogP contribution is -2.34. The van der Waals surface area contributed by atoms with Crippen LogP contribution in [0.2, 0.25) is 5.02 Å². The zero-order valence-electron chi connectivity index (χ0n) is 10.6. The lowest BCUT2D eigenvalue weighted by atomic mass is 10.2. The minimum Gasteiger partial charge on any atom is -0.316 e. The third kappa shape index (κ3) is 3.45. The van der Waals surface area contributed by atoms with Gasteiger partial charge in [-0.25, -0.2) is 17.1 Å². The zero-order valence-corrected chi connectivity index (χ0v) is 12.1. The van der Waals surface area contributed by atoms with Crippen molar-refractivity contribution in [1.82, 2.24) is 9.62 Å². The number of benzene rings is 1. The van der Waals surface area contributed by atoms with Crippen molar-refractivity contribution in [2.45, 2.75) is 18.2 Å². The average Bonchev–Trinajstić information content (AvgIpc) is 2.83. The Morgan fingerprint density at radius 2 is 2.26 bits per heavy atom. The topological polar surface area (TPSA) is 49.4 Å². The van der Waals surface area contributed by atoms with E-state index in [1.165, 1.54) is 22.5 Å². The van der Waals surface area contributed by atoms with Gasteiger partial charge >= 0.3 is 0 Å². The van der Waals surface area contributed by atoms with E-state index in [1.807, 2.05) is 7.05 Å². The highest BCUT2D eigenvalue weighted by molar-refractivity contribution is 7.88. The Morgan fingerprint density at radius 3 is 2.84 bits per heavy atom. The van der Waals surface area contributed by atoms with E-state index in [4.69, 9.17) is 11.6 Å². The first-order valence-corrected chi connectivity index (χ1v) is 8.00. The van der Waals surface area contributed by atoms with E-state index < -0.39 is 15.8 Å². The smallest absolute Gasteiger partial charge is 0.218 e. The summed E-state index contributed by atoms with van der Waals surface area (Å²) in [7, 11) is -1.55. The van der Waals surface area contributed by atoms with E-state index in [2.05, 4.69) is 5.32 Å². The molecular weight excluding hydrogens is 291 g/mol. The third-order valence-corrected chi connectivity index (χ3v) is 5.39. The molecule has 1 aliphatic heterocycles. The lowest BCUT2D eigenvalue weighted by Gasteiger charge is -2.16. The maximum absolute atomic E-state index is 13.0. The first-order chi connectivity index (χ1) is 8.92. The van der Waals surface area contributed by atoms with Gasteiger partial charge in [-0.05, 0) is 31.2 Å². The maximum Gasteiger partial charge on any atom is 0.218 e. The molecular formula is C12H16ClFN2O2S. The Labute approximate surface area is 117 Å². The highest BCUT2D eigenvalue weighted by Crippen LogP contribution is 2.21. The minimum atomic E-state index is -3.37. The van der Waals surface area contributed by atoms with E-state index in [-0.39, 0.29) is 16.8 Å². The Kier molecular flexibility index (Phi) is 4.45. The molecule has 0 aromatic heterocycles. The molecule has 4 nitrogen and oxygen atoms in total. The van der Waals surface area contributed by atoms with Gasteiger partial charge in [-0.2, -0.15) is 0 Å². The summed E-state index contributed by atoms with van der Waals surface area (Å²) < 4.78 is 38.9. The predicted molar refractivity (Wildman–Crippen MR) is 73.1 cm³/mol. The van der Waals surface area contributed by atoms with Gasteiger partial charge in [0, 0.05) is 19.1 Å². The molecule has 1 saturated heterocycles. The van der Waals surface area contributed by atoms with Crippen LogP contribution in [0.3, 0.4) is 0 Å². The third-order valence-electron chi connectivity index (χ3n) is 3.29. The highest BCUT2D eigenvalue weighted by atomic mass is 35.5. The molecule has 1 N–H and O–H groups in total.